The van der Waals surface area contributed by atoms with Gasteiger partial charge in [-0.3, -0.25) is 0 Å². The molecule has 1 nitrogen and oxygen atoms in total. The van der Waals surface area contributed by atoms with E-state index in [0.717, 1.165) is 12.1 Å². The van der Waals surface area contributed by atoms with Crippen LogP contribution in [0.25, 0.3) is 0 Å². The van der Waals surface area contributed by atoms with Gasteiger partial charge in [0.2, 0.25) is 0 Å². The lowest BCUT2D eigenvalue weighted by atomic mass is 10.1. The van der Waals surface area contributed by atoms with Gasteiger partial charge in [-0.2, -0.15) is 13.2 Å². The highest BCUT2D eigenvalue weighted by Crippen LogP contribution is 2.33. The Morgan fingerprint density at radius 2 is 1.93 bits per heavy atom. The fourth-order valence-electron chi connectivity index (χ4n) is 1.04. The molecule has 0 bridgehead atoms. The van der Waals surface area contributed by atoms with Gasteiger partial charge in [-0.15, -0.1) is 0 Å². The summed E-state index contributed by atoms with van der Waals surface area (Å²) < 4.78 is 37.3. The summed E-state index contributed by atoms with van der Waals surface area (Å²) in [5.74, 6) is 0. The van der Waals surface area contributed by atoms with Gasteiger partial charge in [-0.1, -0.05) is 15.9 Å². The molecule has 5 heteroatoms. The van der Waals surface area contributed by atoms with Crippen LogP contribution >= 0.6 is 15.9 Å². The summed E-state index contributed by atoms with van der Waals surface area (Å²) in [5, 5.41) is 9.20. The van der Waals surface area contributed by atoms with Crippen LogP contribution < -0.4 is 0 Å². The van der Waals surface area contributed by atoms with Gasteiger partial charge < -0.3 is 5.11 Å². The van der Waals surface area contributed by atoms with E-state index in [1.807, 2.05) is 0 Å². The van der Waals surface area contributed by atoms with Gasteiger partial charge in [0.05, 0.1) is 11.7 Å². The fourth-order valence-corrected chi connectivity index (χ4v) is 1.62. The van der Waals surface area contributed by atoms with Crippen molar-refractivity contribution in [2.45, 2.75) is 19.2 Å². The molecule has 0 heterocycles. The third-order valence-electron chi connectivity index (χ3n) is 1.77. The summed E-state index contributed by atoms with van der Waals surface area (Å²) in [5.41, 5.74) is -0.517. The normalized spacial score (nSPS) is 14.1. The highest BCUT2D eigenvalue weighted by molar-refractivity contribution is 9.10. The minimum absolute atomic E-state index is 0.236. The van der Waals surface area contributed by atoms with Crippen LogP contribution in [-0.2, 0) is 6.18 Å². The lowest BCUT2D eigenvalue weighted by Gasteiger charge is -2.12. The Morgan fingerprint density at radius 1 is 1.36 bits per heavy atom. The second-order valence-corrected chi connectivity index (χ2v) is 3.76. The first-order valence-corrected chi connectivity index (χ1v) is 4.66. The topological polar surface area (TPSA) is 20.2 Å². The quantitative estimate of drug-likeness (QED) is 0.827. The van der Waals surface area contributed by atoms with Crippen LogP contribution in [0.5, 0.6) is 0 Å². The molecule has 1 rings (SSSR count). The minimum Gasteiger partial charge on any atom is -0.389 e. The highest BCUT2D eigenvalue weighted by atomic mass is 79.9. The molecule has 0 unspecified atom stereocenters. The maximum Gasteiger partial charge on any atom is 0.416 e. The monoisotopic (exact) mass is 268 g/mol. The van der Waals surface area contributed by atoms with E-state index in [1.165, 1.54) is 13.0 Å². The van der Waals surface area contributed by atoms with Gasteiger partial charge in [0.1, 0.15) is 0 Å². The first-order valence-electron chi connectivity index (χ1n) is 3.87. The van der Waals surface area contributed by atoms with Crippen molar-refractivity contribution in [2.75, 3.05) is 0 Å². The van der Waals surface area contributed by atoms with Crippen molar-refractivity contribution >= 4 is 15.9 Å². The Balaban J connectivity index is 3.20. The maximum absolute atomic E-state index is 12.3. The van der Waals surface area contributed by atoms with Gasteiger partial charge in [0.15, 0.2) is 0 Å². The molecule has 0 aliphatic carbocycles. The average Bonchev–Trinajstić information content (AvgIpc) is 2.02. The molecule has 0 aromatic heterocycles. The van der Waals surface area contributed by atoms with Crippen LogP contribution in [0.15, 0.2) is 22.7 Å². The second-order valence-electron chi connectivity index (χ2n) is 2.91. The van der Waals surface area contributed by atoms with Crippen LogP contribution in [0.3, 0.4) is 0 Å². The van der Waals surface area contributed by atoms with Crippen molar-refractivity contribution < 1.29 is 18.3 Å². The molecule has 0 radical (unpaired) electrons. The molecule has 0 saturated carbocycles. The number of aliphatic hydroxyl groups is 1. The van der Waals surface area contributed by atoms with E-state index < -0.39 is 17.8 Å². The van der Waals surface area contributed by atoms with E-state index in [4.69, 9.17) is 0 Å². The van der Waals surface area contributed by atoms with Crippen molar-refractivity contribution in [3.63, 3.8) is 0 Å². The molecule has 1 aromatic carbocycles. The summed E-state index contributed by atoms with van der Waals surface area (Å²) >= 11 is 3.07. The predicted octanol–water partition coefficient (Wildman–Crippen LogP) is 3.52. The average molecular weight is 269 g/mol. The van der Waals surface area contributed by atoms with Crippen LogP contribution in [0, 0.1) is 0 Å². The smallest absolute Gasteiger partial charge is 0.389 e. The van der Waals surface area contributed by atoms with Crippen LogP contribution in [-0.4, -0.2) is 5.11 Å². The van der Waals surface area contributed by atoms with E-state index in [1.54, 1.807) is 0 Å². The third kappa shape index (κ3) is 2.48. The highest BCUT2D eigenvalue weighted by Gasteiger charge is 2.31. The van der Waals surface area contributed by atoms with Crippen LogP contribution in [0.1, 0.15) is 24.2 Å². The standard InChI is InChI=1S/C9H8BrF3O/c1-5(14)7-4-6(9(11,12)13)2-3-8(7)10/h2-5,14H,1H3/t5-/m0/s1. The zero-order valence-electron chi connectivity index (χ0n) is 7.27. The SMILES string of the molecule is C[C@H](O)c1cc(C(F)(F)F)ccc1Br. The Morgan fingerprint density at radius 3 is 2.36 bits per heavy atom. The fraction of sp³-hybridized carbons (Fsp3) is 0.333. The van der Waals surface area contributed by atoms with E-state index >= 15 is 0 Å². The summed E-state index contributed by atoms with van der Waals surface area (Å²) in [6.07, 6.45) is -5.30. The summed E-state index contributed by atoms with van der Waals surface area (Å²) in [6.45, 7) is 1.42. The summed E-state index contributed by atoms with van der Waals surface area (Å²) in [7, 11) is 0. The lowest BCUT2D eigenvalue weighted by molar-refractivity contribution is -0.137. The van der Waals surface area contributed by atoms with E-state index in [9.17, 15) is 18.3 Å². The number of halogens is 4. The van der Waals surface area contributed by atoms with Crippen molar-refractivity contribution in [3.8, 4) is 0 Å². The molecule has 0 spiro atoms. The van der Waals surface area contributed by atoms with Gasteiger partial charge >= 0.3 is 6.18 Å². The zero-order chi connectivity index (χ0) is 10.9. The molecule has 1 N–H and O–H groups in total. The van der Waals surface area contributed by atoms with Crippen LogP contribution in [0.2, 0.25) is 0 Å². The maximum atomic E-state index is 12.3. The predicted molar refractivity (Wildman–Crippen MR) is 49.8 cm³/mol. The number of benzene rings is 1. The van der Waals surface area contributed by atoms with Crippen molar-refractivity contribution in [1.82, 2.24) is 0 Å². The first-order chi connectivity index (χ1) is 6.32. The molecule has 1 atom stereocenters. The Bertz CT molecular complexity index is 333. The lowest BCUT2D eigenvalue weighted by Crippen LogP contribution is -2.06. The molecule has 78 valence electrons. The summed E-state index contributed by atoms with van der Waals surface area (Å²) in [4.78, 5) is 0. The number of aliphatic hydroxyl groups excluding tert-OH is 1. The molecule has 0 aliphatic heterocycles. The van der Waals surface area contributed by atoms with Gasteiger partial charge in [-0.25, -0.2) is 0 Å². The third-order valence-corrected chi connectivity index (χ3v) is 2.50. The van der Waals surface area contributed by atoms with Crippen molar-refractivity contribution in [1.29, 1.82) is 0 Å². The molecule has 14 heavy (non-hydrogen) atoms. The molecule has 1 aromatic rings. The Hall–Kier alpha value is -0.550. The molecule has 0 saturated heterocycles. The Kier molecular flexibility index (Phi) is 3.21. The molecule has 0 fully saturated rings. The van der Waals surface area contributed by atoms with Crippen LogP contribution in [0.4, 0.5) is 13.2 Å². The van der Waals surface area contributed by atoms with Gasteiger partial charge in [0, 0.05) is 4.47 Å². The van der Waals surface area contributed by atoms with E-state index in [2.05, 4.69) is 15.9 Å². The first kappa shape index (κ1) is 11.5. The molecule has 0 amide bonds. The van der Waals surface area contributed by atoms with Crippen molar-refractivity contribution in [3.05, 3.63) is 33.8 Å². The second kappa shape index (κ2) is 3.90. The molecular formula is C9H8BrF3O. The number of rotatable bonds is 1. The van der Waals surface area contributed by atoms with E-state index in [-0.39, 0.29) is 5.56 Å². The number of hydrogen-bond donors (Lipinski definition) is 1. The minimum atomic E-state index is -4.37. The Labute approximate surface area is 87.7 Å². The molecule has 0 aliphatic rings. The van der Waals surface area contributed by atoms with Gasteiger partial charge in [-0.05, 0) is 30.7 Å². The van der Waals surface area contributed by atoms with Gasteiger partial charge in [0.25, 0.3) is 0 Å². The number of hydrogen-bond acceptors (Lipinski definition) is 1. The summed E-state index contributed by atoms with van der Waals surface area (Å²) in [6, 6.07) is 3.19. The zero-order valence-corrected chi connectivity index (χ0v) is 8.85. The van der Waals surface area contributed by atoms with E-state index in [0.29, 0.717) is 4.47 Å². The number of alkyl halides is 3. The molecular weight excluding hydrogens is 261 g/mol. The largest absolute Gasteiger partial charge is 0.416 e. The van der Waals surface area contributed by atoms with Crippen molar-refractivity contribution in [2.24, 2.45) is 0 Å².